The molecule has 1 unspecified atom stereocenters. The first-order valence-electron chi connectivity index (χ1n) is 10.3. The molecule has 0 aliphatic rings. The Kier molecular flexibility index (Phi) is 20.9. The van der Waals surface area contributed by atoms with E-state index in [2.05, 4.69) is 37.5 Å². The molecule has 4 aromatic rings. The molecule has 196 valence electrons. The minimum Gasteiger partial charge on any atom is -1.00 e. The Hall–Kier alpha value is -0.824. The van der Waals surface area contributed by atoms with E-state index < -0.39 is 6.10 Å². The van der Waals surface area contributed by atoms with E-state index in [-0.39, 0.29) is 59.3 Å². The van der Waals surface area contributed by atoms with Crippen molar-refractivity contribution in [2.75, 3.05) is 0 Å². The van der Waals surface area contributed by atoms with Crippen molar-refractivity contribution in [2.24, 2.45) is 0 Å². The maximum absolute atomic E-state index is 13.1. The van der Waals surface area contributed by atoms with Crippen molar-refractivity contribution >= 4 is 68.8 Å². The number of aliphatic hydroxyl groups excluding tert-OH is 1. The van der Waals surface area contributed by atoms with Gasteiger partial charge in [0.2, 0.25) is 0 Å². The van der Waals surface area contributed by atoms with E-state index in [1.807, 2.05) is 43.9 Å². The third-order valence-corrected chi connectivity index (χ3v) is 5.59. The Morgan fingerprint density at radius 3 is 2.00 bits per heavy atom. The molecule has 11 heteroatoms. The quantitative estimate of drug-likeness (QED) is 0.144. The predicted molar refractivity (Wildman–Crippen MR) is 156 cm³/mol. The summed E-state index contributed by atoms with van der Waals surface area (Å²) < 4.78 is 16.0. The molecule has 0 bridgehead atoms. The minimum absolute atomic E-state index is 0. The van der Waals surface area contributed by atoms with Gasteiger partial charge in [0.1, 0.15) is 22.2 Å². The first-order valence-corrected chi connectivity index (χ1v) is 12.2. The maximum atomic E-state index is 13.1. The van der Waals surface area contributed by atoms with Crippen molar-refractivity contribution in [2.45, 2.75) is 40.3 Å². The summed E-state index contributed by atoms with van der Waals surface area (Å²) >= 11 is 13.6. The van der Waals surface area contributed by atoms with Gasteiger partial charge < -0.3 is 33.1 Å². The molecule has 2 atom stereocenters. The standard InChI is InChI=1S/C17H15ClFN3O.C5H3ClIN.C3H7.CH4.BrH.Mg/c1-11(12-2-4-14(19)5-3-12)22-10-20-9-15(22)17(23)13-6-7-21-16(18)8-13;6-5-3-4(7)1-2-8-5;1-3-2;;;/h2-11,17,23H,1H3;1-3H;3H,1-2H3;1H4;1H;/q;;-1;;;+2/p-1/t11-,17?;;;;;/m1...../s1. The number of hydrogen-bond donors (Lipinski definition) is 1. The van der Waals surface area contributed by atoms with Crippen LogP contribution in [-0.2, 0) is 0 Å². The van der Waals surface area contributed by atoms with E-state index >= 15 is 0 Å². The molecule has 5 nitrogen and oxygen atoms in total. The summed E-state index contributed by atoms with van der Waals surface area (Å²) in [7, 11) is 0. The van der Waals surface area contributed by atoms with Crippen molar-refractivity contribution in [1.29, 1.82) is 0 Å². The van der Waals surface area contributed by atoms with Crippen LogP contribution in [0.2, 0.25) is 10.3 Å². The number of benzene rings is 1. The van der Waals surface area contributed by atoms with E-state index in [0.29, 0.717) is 21.6 Å². The summed E-state index contributed by atoms with van der Waals surface area (Å²) in [6.07, 6.45) is 7.62. The van der Waals surface area contributed by atoms with Crippen LogP contribution in [0.1, 0.15) is 57.2 Å². The molecule has 0 amide bonds. The Balaban J connectivity index is 0. The van der Waals surface area contributed by atoms with Gasteiger partial charge in [0.05, 0.1) is 24.3 Å². The number of rotatable bonds is 4. The number of nitrogens with zero attached hydrogens (tertiary/aromatic N) is 4. The van der Waals surface area contributed by atoms with Crippen LogP contribution in [0, 0.1) is 15.8 Å². The summed E-state index contributed by atoms with van der Waals surface area (Å²) in [5.41, 5.74) is 2.19. The topological polar surface area (TPSA) is 63.8 Å². The van der Waals surface area contributed by atoms with Crippen LogP contribution in [0.3, 0.4) is 0 Å². The fraction of sp³-hybridized carbons (Fsp3) is 0.231. The van der Waals surface area contributed by atoms with Gasteiger partial charge in [0.15, 0.2) is 0 Å². The molecule has 3 heterocycles. The molecule has 0 saturated carbocycles. The van der Waals surface area contributed by atoms with E-state index in [9.17, 15) is 9.50 Å². The van der Waals surface area contributed by atoms with E-state index in [1.165, 1.54) is 12.1 Å². The zero-order valence-electron chi connectivity index (χ0n) is 20.0. The summed E-state index contributed by atoms with van der Waals surface area (Å²) in [5, 5.41) is 11.5. The molecule has 0 fully saturated rings. The zero-order chi connectivity index (χ0) is 25.1. The molecule has 0 saturated heterocycles. The molecular formula is C26H29BrCl2FIMgN4O. The van der Waals surface area contributed by atoms with Crippen LogP contribution in [0.15, 0.2) is 73.4 Å². The SMILES string of the molecule is C.C[C@H](c1ccc(F)cc1)n1cncc1C(O)c1ccnc(Cl)c1.C[CH-]C.Clc1cc(I)ccn1.[Br-].[Mg+2]. The number of pyridine rings is 2. The summed E-state index contributed by atoms with van der Waals surface area (Å²) in [5.74, 6) is -0.279. The average Bonchev–Trinajstić information content (AvgIpc) is 3.29. The molecular weight excluding hydrogens is 705 g/mol. The van der Waals surface area contributed by atoms with Crippen molar-refractivity contribution in [3.63, 3.8) is 0 Å². The number of aromatic nitrogens is 4. The second-order valence-corrected chi connectivity index (χ2v) is 9.16. The monoisotopic (exact) mass is 732 g/mol. The molecule has 3 aromatic heterocycles. The van der Waals surface area contributed by atoms with E-state index in [0.717, 1.165) is 9.13 Å². The second-order valence-electron chi connectivity index (χ2n) is 7.14. The van der Waals surface area contributed by atoms with Gasteiger partial charge in [-0.15, -0.1) is 0 Å². The first-order chi connectivity index (χ1) is 16.3. The maximum Gasteiger partial charge on any atom is 2.00 e. The van der Waals surface area contributed by atoms with Gasteiger partial charge in [-0.25, -0.2) is 19.3 Å². The molecule has 4 rings (SSSR count). The van der Waals surface area contributed by atoms with Crippen LogP contribution in [0.25, 0.3) is 0 Å². The summed E-state index contributed by atoms with van der Waals surface area (Å²) in [6, 6.07) is 13.2. The molecule has 0 spiro atoms. The first kappa shape index (κ1) is 38.3. The average molecular weight is 735 g/mol. The largest absolute Gasteiger partial charge is 2.00 e. The van der Waals surface area contributed by atoms with Crippen molar-refractivity contribution in [1.82, 2.24) is 19.5 Å². The third-order valence-electron chi connectivity index (χ3n) is 4.50. The number of imidazole rings is 1. The van der Waals surface area contributed by atoms with Crippen molar-refractivity contribution in [3.05, 3.63) is 116 Å². The van der Waals surface area contributed by atoms with Crippen molar-refractivity contribution < 1.29 is 26.5 Å². The summed E-state index contributed by atoms with van der Waals surface area (Å²) in [4.78, 5) is 11.8. The number of hydrogen-bond acceptors (Lipinski definition) is 4. The van der Waals surface area contributed by atoms with Gasteiger partial charge in [-0.3, -0.25) is 0 Å². The smallest absolute Gasteiger partial charge is 1.00 e. The van der Waals surface area contributed by atoms with E-state index in [4.69, 9.17) is 23.2 Å². The molecule has 1 N–H and O–H groups in total. The van der Waals surface area contributed by atoms with Crippen molar-refractivity contribution in [3.8, 4) is 0 Å². The Bertz CT molecular complexity index is 1150. The van der Waals surface area contributed by atoms with Crippen LogP contribution in [0.4, 0.5) is 4.39 Å². The zero-order valence-corrected chi connectivity index (χ0v) is 26.7. The van der Waals surface area contributed by atoms with Gasteiger partial charge in [-0.2, -0.15) is 13.8 Å². The van der Waals surface area contributed by atoms with Crippen LogP contribution in [0.5, 0.6) is 0 Å². The normalized spacial score (nSPS) is 11.0. The van der Waals surface area contributed by atoms with Crippen LogP contribution >= 0.6 is 45.8 Å². The fourth-order valence-electron chi connectivity index (χ4n) is 2.89. The Morgan fingerprint density at radius 1 is 0.973 bits per heavy atom. The second kappa shape index (κ2) is 20.1. The molecule has 37 heavy (non-hydrogen) atoms. The summed E-state index contributed by atoms with van der Waals surface area (Å²) in [6.45, 7) is 5.96. The van der Waals surface area contributed by atoms with E-state index in [1.54, 1.807) is 49.2 Å². The molecule has 0 aliphatic heterocycles. The number of halogens is 5. The van der Waals surface area contributed by atoms with Crippen LogP contribution < -0.4 is 17.0 Å². The van der Waals surface area contributed by atoms with Gasteiger partial charge in [-0.1, -0.05) is 42.8 Å². The third kappa shape index (κ3) is 12.7. The Morgan fingerprint density at radius 2 is 1.51 bits per heavy atom. The fourth-order valence-corrected chi connectivity index (χ4v) is 3.89. The molecule has 1 aromatic carbocycles. The predicted octanol–water partition coefficient (Wildman–Crippen LogP) is 4.59. The Labute approximate surface area is 269 Å². The molecule has 0 radical (unpaired) electrons. The van der Waals surface area contributed by atoms with Gasteiger partial charge in [0, 0.05) is 16.0 Å². The minimum atomic E-state index is -0.874. The van der Waals surface area contributed by atoms with Gasteiger partial charge >= 0.3 is 23.1 Å². The van der Waals surface area contributed by atoms with Gasteiger partial charge in [0.25, 0.3) is 0 Å². The molecule has 0 aliphatic carbocycles. The van der Waals surface area contributed by atoms with Gasteiger partial charge in [-0.05, 0) is 77.0 Å². The number of aliphatic hydroxyl groups is 1. The van der Waals surface area contributed by atoms with Crippen LogP contribution in [-0.4, -0.2) is 47.7 Å².